The quantitative estimate of drug-likeness (QED) is 0.867. The third kappa shape index (κ3) is 3.24. The van der Waals surface area contributed by atoms with Crippen LogP contribution in [0.5, 0.6) is 0 Å². The van der Waals surface area contributed by atoms with E-state index in [9.17, 15) is 18.0 Å². The van der Waals surface area contributed by atoms with E-state index >= 15 is 0 Å². The Kier molecular flexibility index (Phi) is 3.77. The molecular weight excluding hydrogens is 261 g/mol. The van der Waals surface area contributed by atoms with E-state index in [1.54, 1.807) is 6.92 Å². The zero-order chi connectivity index (χ0) is 14.0. The molecule has 0 aromatic carbocycles. The molecule has 2 atom stereocenters. The van der Waals surface area contributed by atoms with E-state index in [0.717, 1.165) is 0 Å². The molecule has 1 saturated carbocycles. The molecule has 1 aliphatic carbocycles. The van der Waals surface area contributed by atoms with Crippen molar-refractivity contribution >= 4 is 5.91 Å². The number of aryl methyl sites for hydroxylation is 1. The summed E-state index contributed by atoms with van der Waals surface area (Å²) in [4.78, 5) is 15.6. The Bertz CT molecular complexity index is 457. The SMILES string of the molecule is Cc1nc(C(=O)NC2CCCCC2C(F)(F)F)n[nH]1. The molecule has 8 heteroatoms. The third-order valence-electron chi connectivity index (χ3n) is 3.30. The van der Waals surface area contributed by atoms with Gasteiger partial charge in [-0.25, -0.2) is 4.98 Å². The third-order valence-corrected chi connectivity index (χ3v) is 3.30. The molecule has 0 radical (unpaired) electrons. The minimum absolute atomic E-state index is 0.0570. The monoisotopic (exact) mass is 276 g/mol. The molecule has 19 heavy (non-hydrogen) atoms. The fourth-order valence-electron chi connectivity index (χ4n) is 2.37. The van der Waals surface area contributed by atoms with Crippen LogP contribution in [0.3, 0.4) is 0 Å². The molecule has 5 nitrogen and oxygen atoms in total. The Hall–Kier alpha value is -1.60. The topological polar surface area (TPSA) is 70.7 Å². The predicted octanol–water partition coefficient (Wildman–Crippen LogP) is 1.96. The summed E-state index contributed by atoms with van der Waals surface area (Å²) in [5.41, 5.74) is 0. The molecule has 2 N–H and O–H groups in total. The summed E-state index contributed by atoms with van der Waals surface area (Å²) in [5, 5.41) is 8.52. The lowest BCUT2D eigenvalue weighted by molar-refractivity contribution is -0.187. The van der Waals surface area contributed by atoms with E-state index in [2.05, 4.69) is 20.5 Å². The number of carbonyl (C=O) groups is 1. The van der Waals surface area contributed by atoms with Gasteiger partial charge < -0.3 is 5.32 Å². The van der Waals surface area contributed by atoms with Crippen LogP contribution < -0.4 is 5.32 Å². The number of nitrogens with one attached hydrogen (secondary N) is 2. The van der Waals surface area contributed by atoms with E-state index in [1.165, 1.54) is 0 Å². The maximum absolute atomic E-state index is 12.9. The van der Waals surface area contributed by atoms with Gasteiger partial charge in [0.1, 0.15) is 5.82 Å². The molecule has 0 aliphatic heterocycles. The van der Waals surface area contributed by atoms with Crippen molar-refractivity contribution < 1.29 is 18.0 Å². The summed E-state index contributed by atoms with van der Waals surface area (Å²) in [7, 11) is 0. The standard InChI is InChI=1S/C11H15F3N4O/c1-6-15-9(18-17-6)10(19)16-8-5-3-2-4-7(8)11(12,13)14/h7-8H,2-5H2,1H3,(H,16,19)(H,15,17,18). The Labute approximate surface area is 108 Å². The first-order chi connectivity index (χ1) is 8.88. The van der Waals surface area contributed by atoms with Gasteiger partial charge in [-0.15, -0.1) is 5.10 Å². The fraction of sp³-hybridized carbons (Fsp3) is 0.727. The Morgan fingerprint density at radius 1 is 1.37 bits per heavy atom. The number of amides is 1. The highest BCUT2D eigenvalue weighted by molar-refractivity contribution is 5.90. The summed E-state index contributed by atoms with van der Waals surface area (Å²) in [6.45, 7) is 1.61. The highest BCUT2D eigenvalue weighted by Crippen LogP contribution is 2.37. The van der Waals surface area contributed by atoms with Gasteiger partial charge in [0.25, 0.3) is 5.91 Å². The van der Waals surface area contributed by atoms with Gasteiger partial charge in [0.2, 0.25) is 5.82 Å². The Morgan fingerprint density at radius 2 is 2.05 bits per heavy atom. The van der Waals surface area contributed by atoms with Crippen LogP contribution in [0.4, 0.5) is 13.2 Å². The second kappa shape index (κ2) is 5.18. The number of hydrogen-bond donors (Lipinski definition) is 2. The molecule has 1 heterocycles. The number of alkyl halides is 3. The second-order valence-electron chi connectivity index (χ2n) is 4.76. The van der Waals surface area contributed by atoms with E-state index in [0.29, 0.717) is 25.1 Å². The number of H-pyrrole nitrogens is 1. The van der Waals surface area contributed by atoms with Gasteiger partial charge in [-0.1, -0.05) is 12.8 Å². The minimum atomic E-state index is -4.28. The first-order valence-corrected chi connectivity index (χ1v) is 6.14. The summed E-state index contributed by atoms with van der Waals surface area (Å²) in [6.07, 6.45) is -2.67. The van der Waals surface area contributed by atoms with Gasteiger partial charge in [0, 0.05) is 6.04 Å². The number of nitrogens with zero attached hydrogens (tertiary/aromatic N) is 2. The molecule has 1 fully saturated rings. The Balaban J connectivity index is 2.05. The first-order valence-electron chi connectivity index (χ1n) is 6.14. The zero-order valence-corrected chi connectivity index (χ0v) is 10.4. The van der Waals surface area contributed by atoms with Crippen molar-refractivity contribution in [2.24, 2.45) is 5.92 Å². The van der Waals surface area contributed by atoms with Crippen molar-refractivity contribution in [2.75, 3.05) is 0 Å². The summed E-state index contributed by atoms with van der Waals surface area (Å²) < 4.78 is 38.6. The van der Waals surface area contributed by atoms with Crippen LogP contribution >= 0.6 is 0 Å². The van der Waals surface area contributed by atoms with Gasteiger partial charge in [-0.05, 0) is 19.8 Å². The second-order valence-corrected chi connectivity index (χ2v) is 4.76. The molecule has 2 unspecified atom stereocenters. The number of aromatic nitrogens is 3. The number of carbonyl (C=O) groups excluding carboxylic acids is 1. The van der Waals surface area contributed by atoms with Crippen LogP contribution in [0.25, 0.3) is 0 Å². The van der Waals surface area contributed by atoms with Crippen molar-refractivity contribution in [3.63, 3.8) is 0 Å². The van der Waals surface area contributed by atoms with Crippen molar-refractivity contribution in [1.29, 1.82) is 0 Å². The summed E-state index contributed by atoms with van der Waals surface area (Å²) in [5.74, 6) is -1.82. The lowest BCUT2D eigenvalue weighted by atomic mass is 9.84. The molecule has 0 saturated heterocycles. The van der Waals surface area contributed by atoms with E-state index < -0.39 is 24.0 Å². The highest BCUT2D eigenvalue weighted by Gasteiger charge is 2.46. The van der Waals surface area contributed by atoms with E-state index in [4.69, 9.17) is 0 Å². The van der Waals surface area contributed by atoms with Crippen molar-refractivity contribution in [1.82, 2.24) is 20.5 Å². The largest absolute Gasteiger partial charge is 0.393 e. The van der Waals surface area contributed by atoms with Crippen molar-refractivity contribution in [3.05, 3.63) is 11.6 Å². The summed E-state index contributed by atoms with van der Waals surface area (Å²) in [6, 6.07) is -0.889. The Morgan fingerprint density at radius 3 is 2.63 bits per heavy atom. The molecule has 2 rings (SSSR count). The van der Waals surface area contributed by atoms with Crippen LogP contribution in [0, 0.1) is 12.8 Å². The lowest BCUT2D eigenvalue weighted by Crippen LogP contribution is -2.47. The molecular formula is C11H15F3N4O. The fourth-order valence-corrected chi connectivity index (χ4v) is 2.37. The lowest BCUT2D eigenvalue weighted by Gasteiger charge is -2.33. The van der Waals surface area contributed by atoms with E-state index in [-0.39, 0.29) is 12.2 Å². The number of halogens is 3. The van der Waals surface area contributed by atoms with Gasteiger partial charge >= 0.3 is 6.18 Å². The van der Waals surface area contributed by atoms with Crippen molar-refractivity contribution in [2.45, 2.75) is 44.8 Å². The van der Waals surface area contributed by atoms with E-state index in [1.807, 2.05) is 0 Å². The average Bonchev–Trinajstić information content (AvgIpc) is 2.75. The summed E-state index contributed by atoms with van der Waals surface area (Å²) >= 11 is 0. The molecule has 0 spiro atoms. The van der Waals surface area contributed by atoms with Crippen LogP contribution in [0.15, 0.2) is 0 Å². The molecule has 1 aliphatic rings. The minimum Gasteiger partial charge on any atom is -0.346 e. The smallest absolute Gasteiger partial charge is 0.346 e. The van der Waals surface area contributed by atoms with Gasteiger partial charge in [0.05, 0.1) is 5.92 Å². The molecule has 106 valence electrons. The maximum Gasteiger partial charge on any atom is 0.393 e. The van der Waals surface area contributed by atoms with Crippen LogP contribution in [0.2, 0.25) is 0 Å². The van der Waals surface area contributed by atoms with Gasteiger partial charge in [0.15, 0.2) is 0 Å². The zero-order valence-electron chi connectivity index (χ0n) is 10.4. The van der Waals surface area contributed by atoms with Gasteiger partial charge in [-0.2, -0.15) is 13.2 Å². The molecule has 1 amide bonds. The molecule has 1 aromatic heterocycles. The number of aromatic amines is 1. The van der Waals surface area contributed by atoms with Crippen LogP contribution in [0.1, 0.15) is 42.1 Å². The molecule has 0 bridgehead atoms. The maximum atomic E-state index is 12.9. The highest BCUT2D eigenvalue weighted by atomic mass is 19.4. The number of hydrogen-bond acceptors (Lipinski definition) is 3. The normalized spacial score (nSPS) is 24.2. The van der Waals surface area contributed by atoms with Gasteiger partial charge in [-0.3, -0.25) is 9.89 Å². The number of rotatable bonds is 2. The first kappa shape index (κ1) is 13.8. The average molecular weight is 276 g/mol. The van der Waals surface area contributed by atoms with Crippen molar-refractivity contribution in [3.8, 4) is 0 Å². The van der Waals surface area contributed by atoms with Crippen LogP contribution in [-0.4, -0.2) is 33.3 Å². The molecule has 1 aromatic rings. The predicted molar refractivity (Wildman–Crippen MR) is 60.4 cm³/mol. The van der Waals surface area contributed by atoms with Crippen LogP contribution in [-0.2, 0) is 0 Å².